The molecule has 0 fully saturated rings. The number of esters is 1. The molecule has 0 saturated carbocycles. The maximum absolute atomic E-state index is 11.8. The van der Waals surface area contributed by atoms with Gasteiger partial charge in [0.15, 0.2) is 0 Å². The monoisotopic (exact) mass is 320 g/mol. The molecule has 2 aromatic carbocycles. The van der Waals surface area contributed by atoms with Gasteiger partial charge in [-0.25, -0.2) is 4.79 Å². The van der Waals surface area contributed by atoms with Crippen LogP contribution in [0.15, 0.2) is 48.5 Å². The average molecular weight is 320 g/mol. The topological polar surface area (TPSA) is 54.1 Å². The van der Waals surface area contributed by atoms with E-state index in [9.17, 15) is 4.79 Å². The summed E-state index contributed by atoms with van der Waals surface area (Å²) in [5.41, 5.74) is 5.36. The molecule has 0 amide bonds. The molecule has 4 rings (SSSR count). The van der Waals surface area contributed by atoms with Gasteiger partial charge in [-0.3, -0.25) is 0 Å². The second-order valence-corrected chi connectivity index (χ2v) is 6.22. The van der Waals surface area contributed by atoms with Crippen LogP contribution in [0.1, 0.15) is 40.5 Å². The number of para-hydroxylation sites is 1. The summed E-state index contributed by atoms with van der Waals surface area (Å²) < 4.78 is 4.84. The Morgan fingerprint density at radius 1 is 1.21 bits per heavy atom. The van der Waals surface area contributed by atoms with E-state index in [0.717, 1.165) is 35.9 Å². The lowest BCUT2D eigenvalue weighted by molar-refractivity contribution is 0.0601. The molecule has 0 spiro atoms. The normalized spacial score (nSPS) is 16.6. The van der Waals surface area contributed by atoms with Crippen molar-refractivity contribution in [2.24, 2.45) is 0 Å². The Bertz CT molecular complexity index is 883. The largest absolute Gasteiger partial charge is 0.465 e. The molecule has 4 heteroatoms. The molecule has 1 aliphatic carbocycles. The van der Waals surface area contributed by atoms with E-state index in [2.05, 4.69) is 22.4 Å². The first-order valence-electron chi connectivity index (χ1n) is 8.30. The minimum atomic E-state index is -0.290. The van der Waals surface area contributed by atoms with E-state index in [-0.39, 0.29) is 12.0 Å². The van der Waals surface area contributed by atoms with Crippen molar-refractivity contribution in [1.29, 1.82) is 0 Å². The third-order valence-electron chi connectivity index (χ3n) is 4.74. The number of nitrogens with one attached hydrogen (secondary N) is 2. The number of rotatable bonds is 3. The zero-order valence-electron chi connectivity index (χ0n) is 13.6. The molecular weight excluding hydrogens is 300 g/mol. The quantitative estimate of drug-likeness (QED) is 0.701. The van der Waals surface area contributed by atoms with Crippen molar-refractivity contribution in [2.75, 3.05) is 12.4 Å². The van der Waals surface area contributed by atoms with Crippen LogP contribution in [0.2, 0.25) is 0 Å². The highest BCUT2D eigenvalue weighted by molar-refractivity contribution is 5.96. The Labute approximate surface area is 140 Å². The Balaban J connectivity index is 1.74. The molecule has 4 nitrogen and oxygen atoms in total. The number of fused-ring (bicyclic) bond motifs is 3. The maximum Gasteiger partial charge on any atom is 0.337 e. The van der Waals surface area contributed by atoms with Gasteiger partial charge in [0.25, 0.3) is 0 Å². The van der Waals surface area contributed by atoms with Crippen molar-refractivity contribution in [1.82, 2.24) is 4.98 Å². The standard InChI is InChI=1S/C20H20N2O2/c1-24-20(23)13-10-11-17-16(12-13)15-8-5-9-18(19(15)22-17)21-14-6-3-2-4-7-14/h2-4,6-7,10-12,18,21-22H,5,8-9H2,1H3. The Morgan fingerprint density at radius 3 is 2.83 bits per heavy atom. The van der Waals surface area contributed by atoms with Gasteiger partial charge in [-0.2, -0.15) is 0 Å². The summed E-state index contributed by atoms with van der Waals surface area (Å²) >= 11 is 0. The van der Waals surface area contributed by atoms with E-state index in [0.29, 0.717) is 5.56 Å². The Hall–Kier alpha value is -2.75. The third-order valence-corrected chi connectivity index (χ3v) is 4.74. The average Bonchev–Trinajstić information content (AvgIpc) is 3.01. The van der Waals surface area contributed by atoms with Crippen molar-refractivity contribution < 1.29 is 9.53 Å². The van der Waals surface area contributed by atoms with Gasteiger partial charge >= 0.3 is 5.97 Å². The van der Waals surface area contributed by atoms with Crippen LogP contribution in [0.5, 0.6) is 0 Å². The summed E-state index contributed by atoms with van der Waals surface area (Å²) in [6.07, 6.45) is 3.26. The summed E-state index contributed by atoms with van der Waals surface area (Å²) in [6, 6.07) is 16.3. The van der Waals surface area contributed by atoms with Crippen molar-refractivity contribution in [3.05, 3.63) is 65.4 Å². The zero-order valence-corrected chi connectivity index (χ0v) is 13.6. The molecule has 1 aromatic heterocycles. The maximum atomic E-state index is 11.8. The van der Waals surface area contributed by atoms with E-state index >= 15 is 0 Å². The van der Waals surface area contributed by atoms with Gasteiger partial charge in [0, 0.05) is 22.3 Å². The Morgan fingerprint density at radius 2 is 2.04 bits per heavy atom. The van der Waals surface area contributed by atoms with Crippen molar-refractivity contribution in [3.63, 3.8) is 0 Å². The lowest BCUT2D eigenvalue weighted by Crippen LogP contribution is -2.17. The molecule has 0 aliphatic heterocycles. The van der Waals surface area contributed by atoms with Crippen LogP contribution in [0.4, 0.5) is 5.69 Å². The number of aryl methyl sites for hydroxylation is 1. The van der Waals surface area contributed by atoms with Gasteiger partial charge in [0.2, 0.25) is 0 Å². The van der Waals surface area contributed by atoms with E-state index in [4.69, 9.17) is 4.74 Å². The van der Waals surface area contributed by atoms with Gasteiger partial charge in [-0.05, 0) is 55.2 Å². The van der Waals surface area contributed by atoms with Gasteiger partial charge < -0.3 is 15.0 Å². The molecule has 24 heavy (non-hydrogen) atoms. The van der Waals surface area contributed by atoms with Crippen LogP contribution < -0.4 is 5.32 Å². The number of hydrogen-bond acceptors (Lipinski definition) is 3. The predicted octanol–water partition coefficient (Wildman–Crippen LogP) is 4.44. The summed E-state index contributed by atoms with van der Waals surface area (Å²) in [7, 11) is 1.42. The summed E-state index contributed by atoms with van der Waals surface area (Å²) in [6.45, 7) is 0. The number of methoxy groups -OCH3 is 1. The third kappa shape index (κ3) is 2.54. The van der Waals surface area contributed by atoms with E-state index < -0.39 is 0 Å². The number of carbonyl (C=O) groups excluding carboxylic acids is 1. The number of ether oxygens (including phenoxy) is 1. The second kappa shape index (κ2) is 6.04. The van der Waals surface area contributed by atoms with Gasteiger partial charge in [-0.1, -0.05) is 18.2 Å². The molecule has 0 radical (unpaired) electrons. The lowest BCUT2D eigenvalue weighted by Gasteiger charge is -2.24. The van der Waals surface area contributed by atoms with Gasteiger partial charge in [-0.15, -0.1) is 0 Å². The van der Waals surface area contributed by atoms with Crippen molar-refractivity contribution >= 4 is 22.6 Å². The van der Waals surface area contributed by atoms with E-state index in [1.54, 1.807) is 0 Å². The number of aromatic nitrogens is 1. The number of aromatic amines is 1. The number of carbonyl (C=O) groups is 1. The van der Waals surface area contributed by atoms with Crippen LogP contribution in [-0.4, -0.2) is 18.1 Å². The molecule has 3 aromatic rings. The van der Waals surface area contributed by atoms with Gasteiger partial charge in [0.05, 0.1) is 18.7 Å². The molecule has 1 atom stereocenters. The lowest BCUT2D eigenvalue weighted by atomic mass is 9.91. The summed E-state index contributed by atoms with van der Waals surface area (Å²) in [5.74, 6) is -0.290. The fourth-order valence-corrected chi connectivity index (χ4v) is 3.59. The molecule has 1 heterocycles. The first-order chi connectivity index (χ1) is 11.8. The molecule has 2 N–H and O–H groups in total. The number of benzene rings is 2. The smallest absolute Gasteiger partial charge is 0.337 e. The molecule has 0 saturated heterocycles. The fraction of sp³-hybridized carbons (Fsp3) is 0.250. The highest BCUT2D eigenvalue weighted by Crippen LogP contribution is 2.36. The highest BCUT2D eigenvalue weighted by Gasteiger charge is 2.24. The minimum absolute atomic E-state index is 0.269. The highest BCUT2D eigenvalue weighted by atomic mass is 16.5. The number of anilines is 1. The van der Waals surface area contributed by atoms with E-state index in [1.165, 1.54) is 18.4 Å². The summed E-state index contributed by atoms with van der Waals surface area (Å²) in [5, 5.41) is 4.76. The van der Waals surface area contributed by atoms with Crippen molar-refractivity contribution in [2.45, 2.75) is 25.3 Å². The van der Waals surface area contributed by atoms with Crippen molar-refractivity contribution in [3.8, 4) is 0 Å². The first-order valence-corrected chi connectivity index (χ1v) is 8.30. The molecule has 1 aliphatic rings. The van der Waals surface area contributed by atoms with Crippen LogP contribution in [0.3, 0.4) is 0 Å². The van der Waals surface area contributed by atoms with Crippen LogP contribution in [-0.2, 0) is 11.2 Å². The number of H-pyrrole nitrogens is 1. The Kier molecular flexibility index (Phi) is 3.73. The van der Waals surface area contributed by atoms with Crippen LogP contribution in [0.25, 0.3) is 10.9 Å². The SMILES string of the molecule is COC(=O)c1ccc2[nH]c3c(c2c1)CCCC3Nc1ccccc1. The predicted molar refractivity (Wildman–Crippen MR) is 95.4 cm³/mol. The minimum Gasteiger partial charge on any atom is -0.465 e. The van der Waals surface area contributed by atoms with Gasteiger partial charge in [0.1, 0.15) is 0 Å². The molecule has 1 unspecified atom stereocenters. The van der Waals surface area contributed by atoms with E-state index in [1.807, 2.05) is 36.4 Å². The van der Waals surface area contributed by atoms with Crippen LogP contribution in [0, 0.1) is 0 Å². The zero-order chi connectivity index (χ0) is 16.5. The fourth-order valence-electron chi connectivity index (χ4n) is 3.59. The first kappa shape index (κ1) is 14.8. The van der Waals surface area contributed by atoms with Crippen LogP contribution >= 0.6 is 0 Å². The molecular formula is C20H20N2O2. The summed E-state index contributed by atoms with van der Waals surface area (Å²) in [4.78, 5) is 15.4. The molecule has 122 valence electrons. The number of hydrogen-bond donors (Lipinski definition) is 2. The second-order valence-electron chi connectivity index (χ2n) is 6.22. The molecule has 0 bridgehead atoms.